The van der Waals surface area contributed by atoms with Crippen LogP contribution in [0.25, 0.3) is 0 Å². The SMILES string of the molecule is NC(Cc1ccc(O)cc1)c1n[nH]c(C2CCCCC2)n1. The molecule has 0 bridgehead atoms. The first-order chi connectivity index (χ1) is 10.2. The van der Waals surface area contributed by atoms with Gasteiger partial charge in [0.2, 0.25) is 0 Å². The van der Waals surface area contributed by atoms with Crippen LogP contribution in [0.3, 0.4) is 0 Å². The van der Waals surface area contributed by atoms with E-state index in [1.807, 2.05) is 12.1 Å². The number of nitrogens with one attached hydrogen (secondary N) is 1. The maximum atomic E-state index is 9.29. The molecule has 1 unspecified atom stereocenters. The molecule has 1 aliphatic carbocycles. The smallest absolute Gasteiger partial charge is 0.167 e. The molecule has 0 spiro atoms. The quantitative estimate of drug-likeness (QED) is 0.806. The van der Waals surface area contributed by atoms with Crippen molar-refractivity contribution in [3.8, 4) is 5.75 Å². The largest absolute Gasteiger partial charge is 0.508 e. The number of aromatic amines is 1. The number of benzene rings is 1. The highest BCUT2D eigenvalue weighted by Crippen LogP contribution is 2.30. The molecule has 1 aromatic carbocycles. The molecule has 1 fully saturated rings. The third-order valence-corrected chi connectivity index (χ3v) is 4.24. The van der Waals surface area contributed by atoms with Gasteiger partial charge < -0.3 is 10.8 Å². The number of rotatable bonds is 4. The minimum absolute atomic E-state index is 0.219. The van der Waals surface area contributed by atoms with Crippen LogP contribution in [0, 0.1) is 0 Å². The summed E-state index contributed by atoms with van der Waals surface area (Å²) in [7, 11) is 0. The zero-order chi connectivity index (χ0) is 14.7. The standard InChI is InChI=1S/C16H22N4O/c17-14(10-11-6-8-13(21)9-7-11)16-18-15(19-20-16)12-4-2-1-3-5-12/h6-9,12,14,21H,1-5,10,17H2,(H,18,19,20). The van der Waals surface area contributed by atoms with Crippen LogP contribution in [0.5, 0.6) is 5.75 Å². The summed E-state index contributed by atoms with van der Waals surface area (Å²) in [4.78, 5) is 4.61. The number of hydrogen-bond acceptors (Lipinski definition) is 4. The van der Waals surface area contributed by atoms with Crippen molar-refractivity contribution < 1.29 is 5.11 Å². The van der Waals surface area contributed by atoms with E-state index in [0.29, 0.717) is 18.2 Å². The number of H-pyrrole nitrogens is 1. The van der Waals surface area contributed by atoms with Gasteiger partial charge in [0, 0.05) is 5.92 Å². The minimum atomic E-state index is -0.219. The topological polar surface area (TPSA) is 87.8 Å². The number of nitrogens with two attached hydrogens (primary N) is 1. The van der Waals surface area contributed by atoms with Crippen molar-refractivity contribution in [2.75, 3.05) is 0 Å². The summed E-state index contributed by atoms with van der Waals surface area (Å²) in [6.07, 6.45) is 6.95. The Bertz CT molecular complexity index is 572. The van der Waals surface area contributed by atoms with Gasteiger partial charge in [0.05, 0.1) is 6.04 Å². The van der Waals surface area contributed by atoms with Gasteiger partial charge in [0.1, 0.15) is 11.6 Å². The van der Waals surface area contributed by atoms with E-state index in [2.05, 4.69) is 15.2 Å². The lowest BCUT2D eigenvalue weighted by Gasteiger charge is -2.18. The van der Waals surface area contributed by atoms with Crippen LogP contribution < -0.4 is 5.73 Å². The fourth-order valence-corrected chi connectivity index (χ4v) is 2.99. The zero-order valence-electron chi connectivity index (χ0n) is 12.1. The van der Waals surface area contributed by atoms with Gasteiger partial charge in [-0.05, 0) is 37.0 Å². The molecule has 3 rings (SSSR count). The molecule has 1 aliphatic rings. The summed E-state index contributed by atoms with van der Waals surface area (Å²) >= 11 is 0. The second-order valence-corrected chi connectivity index (χ2v) is 5.89. The van der Waals surface area contributed by atoms with Gasteiger partial charge in [-0.1, -0.05) is 31.4 Å². The average molecular weight is 286 g/mol. The van der Waals surface area contributed by atoms with Crippen LogP contribution in [0.1, 0.15) is 61.3 Å². The number of aromatic nitrogens is 3. The van der Waals surface area contributed by atoms with Crippen molar-refractivity contribution in [2.45, 2.75) is 50.5 Å². The van der Waals surface area contributed by atoms with Gasteiger partial charge in [-0.25, -0.2) is 4.98 Å². The first-order valence-corrected chi connectivity index (χ1v) is 7.68. The molecule has 0 radical (unpaired) electrons. The molecule has 0 amide bonds. The predicted molar refractivity (Wildman–Crippen MR) is 80.9 cm³/mol. The number of aromatic hydroxyl groups is 1. The summed E-state index contributed by atoms with van der Waals surface area (Å²) in [6.45, 7) is 0. The normalized spacial score (nSPS) is 17.8. The third kappa shape index (κ3) is 3.42. The summed E-state index contributed by atoms with van der Waals surface area (Å²) < 4.78 is 0. The van der Waals surface area contributed by atoms with Crippen LogP contribution in [0.15, 0.2) is 24.3 Å². The number of phenols is 1. The Balaban J connectivity index is 1.65. The highest BCUT2D eigenvalue weighted by Gasteiger charge is 2.21. The van der Waals surface area contributed by atoms with Gasteiger partial charge in [0.25, 0.3) is 0 Å². The van der Waals surface area contributed by atoms with Crippen LogP contribution >= 0.6 is 0 Å². The molecular weight excluding hydrogens is 264 g/mol. The maximum Gasteiger partial charge on any atom is 0.167 e. The molecule has 1 aromatic heterocycles. The van der Waals surface area contributed by atoms with Gasteiger partial charge in [-0.3, -0.25) is 5.10 Å². The molecule has 1 saturated carbocycles. The van der Waals surface area contributed by atoms with Crippen LogP contribution in [0.4, 0.5) is 0 Å². The Morgan fingerprint density at radius 1 is 1.19 bits per heavy atom. The van der Waals surface area contributed by atoms with E-state index >= 15 is 0 Å². The van der Waals surface area contributed by atoms with Gasteiger partial charge >= 0.3 is 0 Å². The Kier molecular flexibility index (Phi) is 4.20. The molecule has 112 valence electrons. The molecule has 1 heterocycles. The third-order valence-electron chi connectivity index (χ3n) is 4.24. The van der Waals surface area contributed by atoms with Crippen LogP contribution in [-0.4, -0.2) is 20.3 Å². The van der Waals surface area contributed by atoms with Crippen molar-refractivity contribution in [1.82, 2.24) is 15.2 Å². The van der Waals surface area contributed by atoms with Crippen LogP contribution in [0.2, 0.25) is 0 Å². The van der Waals surface area contributed by atoms with Gasteiger partial charge in [0.15, 0.2) is 5.82 Å². The van der Waals surface area contributed by atoms with E-state index in [0.717, 1.165) is 11.4 Å². The zero-order valence-corrected chi connectivity index (χ0v) is 12.1. The Morgan fingerprint density at radius 2 is 1.90 bits per heavy atom. The molecule has 5 nitrogen and oxygen atoms in total. The van der Waals surface area contributed by atoms with E-state index in [1.54, 1.807) is 12.1 Å². The average Bonchev–Trinajstić information content (AvgIpc) is 3.00. The number of hydrogen-bond donors (Lipinski definition) is 3. The second kappa shape index (κ2) is 6.26. The van der Waals surface area contributed by atoms with Crippen molar-refractivity contribution in [3.05, 3.63) is 41.5 Å². The van der Waals surface area contributed by atoms with Gasteiger partial charge in [-0.15, -0.1) is 0 Å². The molecule has 5 heteroatoms. The Hall–Kier alpha value is -1.88. The molecule has 2 aromatic rings. The molecular formula is C16H22N4O. The van der Waals surface area contributed by atoms with E-state index in [-0.39, 0.29) is 11.8 Å². The van der Waals surface area contributed by atoms with E-state index in [9.17, 15) is 5.11 Å². The van der Waals surface area contributed by atoms with E-state index in [1.165, 1.54) is 32.1 Å². The summed E-state index contributed by atoms with van der Waals surface area (Å²) in [5.74, 6) is 2.46. The molecule has 21 heavy (non-hydrogen) atoms. The monoisotopic (exact) mass is 286 g/mol. The summed E-state index contributed by atoms with van der Waals surface area (Å²) in [5.41, 5.74) is 7.27. The van der Waals surface area contributed by atoms with E-state index < -0.39 is 0 Å². The maximum absolute atomic E-state index is 9.29. The predicted octanol–water partition coefficient (Wildman–Crippen LogP) is 2.80. The first-order valence-electron chi connectivity index (χ1n) is 7.68. The van der Waals surface area contributed by atoms with Crippen molar-refractivity contribution in [3.63, 3.8) is 0 Å². The van der Waals surface area contributed by atoms with Crippen molar-refractivity contribution in [1.29, 1.82) is 0 Å². The van der Waals surface area contributed by atoms with E-state index in [4.69, 9.17) is 5.73 Å². The highest BCUT2D eigenvalue weighted by molar-refractivity contribution is 5.26. The summed E-state index contributed by atoms with van der Waals surface area (Å²) in [5, 5.41) is 16.7. The van der Waals surface area contributed by atoms with Crippen LogP contribution in [-0.2, 0) is 6.42 Å². The second-order valence-electron chi connectivity index (χ2n) is 5.89. The Morgan fingerprint density at radius 3 is 2.62 bits per heavy atom. The Labute approximate surface area is 124 Å². The molecule has 0 saturated heterocycles. The molecule has 1 atom stereocenters. The lowest BCUT2D eigenvalue weighted by atomic mass is 9.89. The number of phenolic OH excluding ortho intramolecular Hbond substituents is 1. The highest BCUT2D eigenvalue weighted by atomic mass is 16.3. The molecule has 4 N–H and O–H groups in total. The van der Waals surface area contributed by atoms with Crippen molar-refractivity contribution >= 4 is 0 Å². The lowest BCUT2D eigenvalue weighted by molar-refractivity contribution is 0.429. The lowest BCUT2D eigenvalue weighted by Crippen LogP contribution is -2.15. The van der Waals surface area contributed by atoms with Gasteiger partial charge in [-0.2, -0.15) is 5.10 Å². The fourth-order valence-electron chi connectivity index (χ4n) is 2.99. The summed E-state index contributed by atoms with van der Waals surface area (Å²) in [6, 6.07) is 6.89. The van der Waals surface area contributed by atoms with Crippen molar-refractivity contribution in [2.24, 2.45) is 5.73 Å². The molecule has 0 aliphatic heterocycles. The number of nitrogens with zero attached hydrogens (tertiary/aromatic N) is 2. The first kappa shape index (κ1) is 14.1. The fraction of sp³-hybridized carbons (Fsp3) is 0.500. The minimum Gasteiger partial charge on any atom is -0.508 e.